The van der Waals surface area contributed by atoms with E-state index in [1.807, 2.05) is 6.07 Å². The fourth-order valence-electron chi connectivity index (χ4n) is 3.91. The van der Waals surface area contributed by atoms with Gasteiger partial charge in [0.1, 0.15) is 5.82 Å². The van der Waals surface area contributed by atoms with Crippen LogP contribution < -0.4 is 5.32 Å². The Morgan fingerprint density at radius 1 is 1.14 bits per heavy atom. The second-order valence-electron chi connectivity index (χ2n) is 6.28. The molecule has 1 heterocycles. The Morgan fingerprint density at radius 3 is 2.41 bits per heavy atom. The first-order valence-corrected chi connectivity index (χ1v) is 7.96. The van der Waals surface area contributed by atoms with Crippen LogP contribution in [0.3, 0.4) is 0 Å². The first-order chi connectivity index (χ1) is 9.75. The molecule has 0 radical (unpaired) electrons. The Bertz CT molecular complexity index is 458. The van der Waals surface area contributed by atoms with Crippen molar-refractivity contribution in [1.29, 1.82) is 0 Å². The summed E-state index contributed by atoms with van der Waals surface area (Å²) in [4.78, 5) is 2.58. The normalized spacial score (nSPS) is 21.0. The van der Waals surface area contributed by atoms with Gasteiger partial charge in [-0.25, -0.2) is 4.39 Å². The van der Waals surface area contributed by atoms with Crippen LogP contribution in [-0.4, -0.2) is 31.1 Å². The second kappa shape index (κ2) is 9.07. The van der Waals surface area contributed by atoms with E-state index in [-0.39, 0.29) is 30.6 Å². The third-order valence-corrected chi connectivity index (χ3v) is 4.95. The molecule has 0 spiro atoms. The lowest BCUT2D eigenvalue weighted by atomic mass is 9.87. The zero-order valence-corrected chi connectivity index (χ0v) is 14.8. The van der Waals surface area contributed by atoms with Gasteiger partial charge in [-0.2, -0.15) is 0 Å². The van der Waals surface area contributed by atoms with Gasteiger partial charge in [0.25, 0.3) is 0 Å². The van der Waals surface area contributed by atoms with Gasteiger partial charge in [0, 0.05) is 32.2 Å². The van der Waals surface area contributed by atoms with E-state index >= 15 is 0 Å². The third kappa shape index (κ3) is 4.35. The molecule has 0 unspecified atom stereocenters. The van der Waals surface area contributed by atoms with Gasteiger partial charge in [-0.3, -0.25) is 4.90 Å². The first kappa shape index (κ1) is 19.7. The molecule has 2 fully saturated rings. The quantitative estimate of drug-likeness (QED) is 0.883. The van der Waals surface area contributed by atoms with E-state index in [9.17, 15) is 4.39 Å². The van der Waals surface area contributed by atoms with Gasteiger partial charge < -0.3 is 5.32 Å². The van der Waals surface area contributed by atoms with Crippen LogP contribution in [0.1, 0.15) is 42.9 Å². The molecule has 1 aliphatic heterocycles. The molecule has 0 amide bonds. The molecule has 3 rings (SSSR count). The Kier molecular flexibility index (Phi) is 8.12. The summed E-state index contributed by atoms with van der Waals surface area (Å²) in [5, 5.41) is 3.42. The highest BCUT2D eigenvalue weighted by Gasteiger charge is 2.32. The van der Waals surface area contributed by atoms with Crippen molar-refractivity contribution in [2.24, 2.45) is 5.92 Å². The number of benzene rings is 1. The lowest BCUT2D eigenvalue weighted by molar-refractivity contribution is 0.125. The monoisotopic (exact) mass is 348 g/mol. The van der Waals surface area contributed by atoms with E-state index in [1.165, 1.54) is 36.8 Å². The first-order valence-electron chi connectivity index (χ1n) is 7.96. The van der Waals surface area contributed by atoms with Crippen LogP contribution in [0.15, 0.2) is 18.2 Å². The molecule has 2 nitrogen and oxygen atoms in total. The minimum absolute atomic E-state index is 0. The third-order valence-electron chi connectivity index (χ3n) is 4.95. The number of nitrogens with one attached hydrogen (secondary N) is 1. The predicted molar refractivity (Wildman–Crippen MR) is 94.8 cm³/mol. The minimum atomic E-state index is -0.0938. The molecule has 1 saturated carbocycles. The van der Waals surface area contributed by atoms with E-state index in [0.29, 0.717) is 12.0 Å². The number of halogens is 3. The number of rotatable bonds is 3. The van der Waals surface area contributed by atoms with E-state index in [4.69, 9.17) is 0 Å². The van der Waals surface area contributed by atoms with Crippen LogP contribution in [0.4, 0.5) is 4.39 Å². The second-order valence-corrected chi connectivity index (χ2v) is 6.28. The number of piperazine rings is 1. The average molecular weight is 349 g/mol. The SMILES string of the molecule is Cc1ccc(F)cc1[C@@H](C1CCCC1)N1CCNCC1.Cl.Cl. The maximum Gasteiger partial charge on any atom is 0.123 e. The highest BCUT2D eigenvalue weighted by atomic mass is 35.5. The van der Waals surface area contributed by atoms with Crippen molar-refractivity contribution in [3.63, 3.8) is 0 Å². The van der Waals surface area contributed by atoms with Gasteiger partial charge in [-0.15, -0.1) is 24.8 Å². The maximum absolute atomic E-state index is 13.7. The van der Waals surface area contributed by atoms with Crippen molar-refractivity contribution in [2.75, 3.05) is 26.2 Å². The summed E-state index contributed by atoms with van der Waals surface area (Å²) >= 11 is 0. The van der Waals surface area contributed by atoms with Crippen LogP contribution in [0.25, 0.3) is 0 Å². The number of aryl methyl sites for hydroxylation is 1. The fraction of sp³-hybridized carbons (Fsp3) is 0.647. The summed E-state index contributed by atoms with van der Waals surface area (Å²) in [6.07, 6.45) is 5.26. The molecule has 5 heteroatoms. The summed E-state index contributed by atoms with van der Waals surface area (Å²) in [5.74, 6) is 0.609. The smallest absolute Gasteiger partial charge is 0.123 e. The van der Waals surface area contributed by atoms with Crippen LogP contribution in [0.5, 0.6) is 0 Å². The van der Waals surface area contributed by atoms with Gasteiger partial charge in [0.15, 0.2) is 0 Å². The van der Waals surface area contributed by atoms with Crippen LogP contribution >= 0.6 is 24.8 Å². The molecule has 1 saturated heterocycles. The van der Waals surface area contributed by atoms with E-state index in [1.54, 1.807) is 12.1 Å². The molecule has 0 bridgehead atoms. The van der Waals surface area contributed by atoms with Crippen molar-refractivity contribution in [1.82, 2.24) is 10.2 Å². The summed E-state index contributed by atoms with van der Waals surface area (Å²) in [5.41, 5.74) is 2.46. The standard InChI is InChI=1S/C17H25FN2.2ClH/c1-13-6-7-15(18)12-16(13)17(14-4-2-3-5-14)20-10-8-19-9-11-20;;/h6-7,12,14,17,19H,2-5,8-11H2,1H3;2*1H/t17-;;/m1../s1. The van der Waals surface area contributed by atoms with E-state index < -0.39 is 0 Å². The minimum Gasteiger partial charge on any atom is -0.314 e. The zero-order valence-electron chi connectivity index (χ0n) is 13.2. The maximum atomic E-state index is 13.7. The van der Waals surface area contributed by atoms with Crippen molar-refractivity contribution >= 4 is 24.8 Å². The molecule has 1 aromatic carbocycles. The largest absolute Gasteiger partial charge is 0.314 e. The summed E-state index contributed by atoms with van der Waals surface area (Å²) in [7, 11) is 0. The lowest BCUT2D eigenvalue weighted by Crippen LogP contribution is -2.46. The van der Waals surface area contributed by atoms with Crippen molar-refractivity contribution in [2.45, 2.75) is 38.6 Å². The highest BCUT2D eigenvalue weighted by molar-refractivity contribution is 5.85. The summed E-state index contributed by atoms with van der Waals surface area (Å²) < 4.78 is 13.7. The summed E-state index contributed by atoms with van der Waals surface area (Å²) in [6.45, 7) is 6.39. The molecule has 1 N–H and O–H groups in total. The lowest BCUT2D eigenvalue weighted by Gasteiger charge is -2.39. The number of hydrogen-bond donors (Lipinski definition) is 1. The highest BCUT2D eigenvalue weighted by Crippen LogP contribution is 2.40. The van der Waals surface area contributed by atoms with Crippen LogP contribution in [-0.2, 0) is 0 Å². The molecule has 126 valence electrons. The Balaban J connectivity index is 0.00000121. The van der Waals surface area contributed by atoms with Crippen molar-refractivity contribution in [3.8, 4) is 0 Å². The predicted octanol–water partition coefficient (Wildman–Crippen LogP) is 4.11. The van der Waals surface area contributed by atoms with Gasteiger partial charge in [0.05, 0.1) is 0 Å². The van der Waals surface area contributed by atoms with Gasteiger partial charge >= 0.3 is 0 Å². The molecule has 2 aliphatic rings. The number of nitrogens with zero attached hydrogens (tertiary/aromatic N) is 1. The Labute approximate surface area is 145 Å². The molecular weight excluding hydrogens is 322 g/mol. The molecule has 0 aromatic heterocycles. The van der Waals surface area contributed by atoms with Crippen molar-refractivity contribution in [3.05, 3.63) is 35.1 Å². The van der Waals surface area contributed by atoms with Crippen LogP contribution in [0, 0.1) is 18.7 Å². The average Bonchev–Trinajstić information content (AvgIpc) is 2.98. The number of hydrogen-bond acceptors (Lipinski definition) is 2. The molecule has 1 atom stereocenters. The van der Waals surface area contributed by atoms with Gasteiger partial charge in [0.2, 0.25) is 0 Å². The topological polar surface area (TPSA) is 15.3 Å². The molecule has 1 aliphatic carbocycles. The van der Waals surface area contributed by atoms with Crippen molar-refractivity contribution < 1.29 is 4.39 Å². The molecule has 1 aromatic rings. The van der Waals surface area contributed by atoms with E-state index in [0.717, 1.165) is 26.2 Å². The zero-order chi connectivity index (χ0) is 13.9. The molecular formula is C17H27Cl2FN2. The van der Waals surface area contributed by atoms with Gasteiger partial charge in [-0.05, 0) is 48.9 Å². The summed E-state index contributed by atoms with van der Waals surface area (Å²) in [6, 6.07) is 5.72. The molecule has 22 heavy (non-hydrogen) atoms. The Hall–Kier alpha value is -0.350. The van der Waals surface area contributed by atoms with Crippen LogP contribution in [0.2, 0.25) is 0 Å². The van der Waals surface area contributed by atoms with Gasteiger partial charge in [-0.1, -0.05) is 18.9 Å². The fourth-order valence-corrected chi connectivity index (χ4v) is 3.91. The van der Waals surface area contributed by atoms with E-state index in [2.05, 4.69) is 17.1 Å². The Morgan fingerprint density at radius 2 is 1.77 bits per heavy atom.